The Morgan fingerprint density at radius 2 is 1.86 bits per heavy atom. The van der Waals surface area contributed by atoms with Gasteiger partial charge in [0.05, 0.1) is 6.54 Å². The Labute approximate surface area is 125 Å². The number of ether oxygens (including phenoxy) is 2. The number of hydrogen-bond acceptors (Lipinski definition) is 4. The van der Waals surface area contributed by atoms with Crippen molar-refractivity contribution in [1.82, 2.24) is 10.6 Å². The van der Waals surface area contributed by atoms with E-state index in [1.165, 1.54) is 39.9 Å². The van der Waals surface area contributed by atoms with Gasteiger partial charge < -0.3 is 20.1 Å². The molecule has 0 aliphatic heterocycles. The molecule has 21 heavy (non-hydrogen) atoms. The molecular weight excluding hydrogens is 272 g/mol. The van der Waals surface area contributed by atoms with E-state index >= 15 is 0 Å². The zero-order chi connectivity index (χ0) is 15.4. The topological polar surface area (TPSA) is 76.7 Å². The first-order valence-corrected chi connectivity index (χ1v) is 7.69. The van der Waals surface area contributed by atoms with Gasteiger partial charge in [-0.3, -0.25) is 9.59 Å². The monoisotopic (exact) mass is 298 g/mol. The molecule has 2 amide bonds. The predicted molar refractivity (Wildman–Crippen MR) is 77.4 cm³/mol. The molecule has 0 aromatic carbocycles. The summed E-state index contributed by atoms with van der Waals surface area (Å²) in [5.74, 6) is 0.864. The van der Waals surface area contributed by atoms with Crippen molar-refractivity contribution in [2.45, 2.75) is 44.9 Å². The highest BCUT2D eigenvalue weighted by molar-refractivity contribution is 6.35. The Morgan fingerprint density at radius 3 is 2.38 bits per heavy atom. The van der Waals surface area contributed by atoms with Crippen LogP contribution in [0.5, 0.6) is 0 Å². The van der Waals surface area contributed by atoms with Crippen molar-refractivity contribution in [3.8, 4) is 0 Å². The van der Waals surface area contributed by atoms with Crippen LogP contribution in [-0.2, 0) is 19.1 Å². The zero-order valence-corrected chi connectivity index (χ0v) is 13.1. The fourth-order valence-electron chi connectivity index (χ4n) is 3.80. The van der Waals surface area contributed by atoms with E-state index in [1.807, 2.05) is 6.92 Å². The van der Waals surface area contributed by atoms with Crippen LogP contribution in [-0.4, -0.2) is 44.9 Å². The van der Waals surface area contributed by atoms with Crippen molar-refractivity contribution in [3.63, 3.8) is 0 Å². The summed E-state index contributed by atoms with van der Waals surface area (Å²) in [6, 6.07) is 0.0548. The Morgan fingerprint density at radius 1 is 1.14 bits per heavy atom. The van der Waals surface area contributed by atoms with Crippen LogP contribution in [0.2, 0.25) is 0 Å². The number of methoxy groups -OCH3 is 2. The van der Waals surface area contributed by atoms with Gasteiger partial charge in [0, 0.05) is 20.3 Å². The Hall–Kier alpha value is -1.14. The molecule has 2 aliphatic carbocycles. The van der Waals surface area contributed by atoms with Crippen molar-refractivity contribution < 1.29 is 19.1 Å². The second kappa shape index (κ2) is 7.22. The molecule has 0 aromatic rings. The third kappa shape index (κ3) is 3.95. The van der Waals surface area contributed by atoms with Gasteiger partial charge in [-0.25, -0.2) is 0 Å². The normalized spacial score (nSPS) is 28.7. The van der Waals surface area contributed by atoms with E-state index in [9.17, 15) is 9.59 Å². The molecule has 2 aliphatic rings. The van der Waals surface area contributed by atoms with E-state index in [-0.39, 0.29) is 12.6 Å². The quantitative estimate of drug-likeness (QED) is 0.558. The first kappa shape index (κ1) is 16.2. The number of nitrogens with one attached hydrogen (secondary N) is 2. The summed E-state index contributed by atoms with van der Waals surface area (Å²) >= 11 is 0. The Kier molecular flexibility index (Phi) is 5.58. The number of rotatable bonds is 6. The maximum absolute atomic E-state index is 11.9. The van der Waals surface area contributed by atoms with Gasteiger partial charge in [0.1, 0.15) is 0 Å². The minimum absolute atomic E-state index is 0.0548. The lowest BCUT2D eigenvalue weighted by Crippen LogP contribution is -2.48. The summed E-state index contributed by atoms with van der Waals surface area (Å²) in [6.07, 6.45) is 4.54. The molecule has 120 valence electrons. The summed E-state index contributed by atoms with van der Waals surface area (Å²) < 4.78 is 9.91. The summed E-state index contributed by atoms with van der Waals surface area (Å²) in [5, 5.41) is 5.35. The highest BCUT2D eigenvalue weighted by atomic mass is 16.7. The van der Waals surface area contributed by atoms with E-state index in [1.54, 1.807) is 0 Å². The second-order valence-electron chi connectivity index (χ2n) is 6.21. The largest absolute Gasteiger partial charge is 0.354 e. The summed E-state index contributed by atoms with van der Waals surface area (Å²) in [7, 11) is 2.97. The van der Waals surface area contributed by atoms with Crippen LogP contribution < -0.4 is 10.6 Å². The molecule has 2 saturated carbocycles. The molecule has 2 fully saturated rings. The van der Waals surface area contributed by atoms with Gasteiger partial charge in [-0.15, -0.1) is 0 Å². The molecule has 2 rings (SSSR count). The van der Waals surface area contributed by atoms with Crippen molar-refractivity contribution in [2.24, 2.45) is 17.8 Å². The van der Waals surface area contributed by atoms with E-state index in [4.69, 9.17) is 9.47 Å². The van der Waals surface area contributed by atoms with Crippen molar-refractivity contribution in [2.75, 3.05) is 20.8 Å². The first-order chi connectivity index (χ1) is 10.0. The molecular formula is C15H26N2O4. The summed E-state index contributed by atoms with van der Waals surface area (Å²) in [5.41, 5.74) is 0. The third-order valence-electron chi connectivity index (χ3n) is 4.96. The van der Waals surface area contributed by atoms with Crippen LogP contribution in [0.15, 0.2) is 0 Å². The van der Waals surface area contributed by atoms with Crippen LogP contribution in [0.25, 0.3) is 0 Å². The van der Waals surface area contributed by atoms with E-state index in [0.717, 1.165) is 11.8 Å². The molecule has 0 spiro atoms. The highest BCUT2D eigenvalue weighted by Crippen LogP contribution is 2.49. The molecule has 4 atom stereocenters. The van der Waals surface area contributed by atoms with Gasteiger partial charge in [-0.05, 0) is 43.9 Å². The van der Waals surface area contributed by atoms with Crippen LogP contribution in [0, 0.1) is 17.8 Å². The SMILES string of the molecule is COC(CNC(=O)C(=O)NC(C)C1CC2CCC1C2)OC. The minimum Gasteiger partial charge on any atom is -0.354 e. The maximum Gasteiger partial charge on any atom is 0.309 e. The maximum atomic E-state index is 11.9. The predicted octanol–water partition coefficient (Wildman–Crippen LogP) is 0.662. The number of carbonyl (C=O) groups is 2. The van der Waals surface area contributed by atoms with Gasteiger partial charge in [0.2, 0.25) is 0 Å². The molecule has 2 bridgehead atoms. The van der Waals surface area contributed by atoms with E-state index in [2.05, 4.69) is 10.6 Å². The lowest BCUT2D eigenvalue weighted by molar-refractivity contribution is -0.142. The standard InChI is InChI=1S/C15H26N2O4/c1-9(12-7-10-4-5-11(12)6-10)17-15(19)14(18)16-8-13(20-2)21-3/h9-13H,4-8H2,1-3H3,(H,16,18)(H,17,19). The average molecular weight is 298 g/mol. The summed E-state index contributed by atoms with van der Waals surface area (Å²) in [6.45, 7) is 2.16. The number of amides is 2. The van der Waals surface area contributed by atoms with E-state index < -0.39 is 18.1 Å². The van der Waals surface area contributed by atoms with Crippen molar-refractivity contribution in [3.05, 3.63) is 0 Å². The van der Waals surface area contributed by atoms with Crippen LogP contribution >= 0.6 is 0 Å². The second-order valence-corrected chi connectivity index (χ2v) is 6.21. The third-order valence-corrected chi connectivity index (χ3v) is 4.96. The first-order valence-electron chi connectivity index (χ1n) is 7.69. The van der Waals surface area contributed by atoms with Crippen molar-refractivity contribution >= 4 is 11.8 Å². The van der Waals surface area contributed by atoms with Crippen LogP contribution in [0.3, 0.4) is 0 Å². The zero-order valence-electron chi connectivity index (χ0n) is 13.1. The number of carbonyl (C=O) groups excluding carboxylic acids is 2. The molecule has 6 nitrogen and oxygen atoms in total. The van der Waals surface area contributed by atoms with Gasteiger partial charge >= 0.3 is 11.8 Å². The molecule has 0 radical (unpaired) electrons. The van der Waals surface area contributed by atoms with Crippen LogP contribution in [0.1, 0.15) is 32.6 Å². The highest BCUT2D eigenvalue weighted by Gasteiger charge is 2.42. The van der Waals surface area contributed by atoms with Gasteiger partial charge in [-0.1, -0.05) is 6.42 Å². The Balaban J connectivity index is 1.74. The van der Waals surface area contributed by atoms with Crippen LogP contribution in [0.4, 0.5) is 0 Å². The van der Waals surface area contributed by atoms with Crippen molar-refractivity contribution in [1.29, 1.82) is 0 Å². The Bertz CT molecular complexity index is 384. The molecule has 0 heterocycles. The number of fused-ring (bicyclic) bond motifs is 2. The minimum atomic E-state index is -0.635. The van der Waals surface area contributed by atoms with Gasteiger partial charge in [-0.2, -0.15) is 0 Å². The number of hydrogen-bond donors (Lipinski definition) is 2. The molecule has 4 unspecified atom stereocenters. The van der Waals surface area contributed by atoms with Gasteiger partial charge in [0.25, 0.3) is 0 Å². The smallest absolute Gasteiger partial charge is 0.309 e. The summed E-state index contributed by atoms with van der Waals surface area (Å²) in [4.78, 5) is 23.7. The average Bonchev–Trinajstić information content (AvgIpc) is 3.10. The lowest BCUT2D eigenvalue weighted by Gasteiger charge is -2.28. The fraction of sp³-hybridized carbons (Fsp3) is 0.867. The fourth-order valence-corrected chi connectivity index (χ4v) is 3.80. The van der Waals surface area contributed by atoms with Gasteiger partial charge in [0.15, 0.2) is 6.29 Å². The van der Waals surface area contributed by atoms with E-state index in [0.29, 0.717) is 5.92 Å². The molecule has 2 N–H and O–H groups in total. The molecule has 0 saturated heterocycles. The molecule has 6 heteroatoms. The molecule has 0 aromatic heterocycles. The lowest BCUT2D eigenvalue weighted by atomic mass is 9.84.